The molecule has 112 valence electrons. The van der Waals surface area contributed by atoms with Gasteiger partial charge in [-0.2, -0.15) is 0 Å². The molecule has 1 atom stereocenters. The van der Waals surface area contributed by atoms with Gasteiger partial charge in [0.15, 0.2) is 0 Å². The maximum Gasteiger partial charge on any atom is 0.308 e. The molecule has 8 heteroatoms. The number of rotatable bonds is 3. The molecule has 0 bridgehead atoms. The lowest BCUT2D eigenvalue weighted by molar-refractivity contribution is -0.385. The zero-order valence-corrected chi connectivity index (χ0v) is 11.5. The first-order valence-electron chi connectivity index (χ1n) is 6.53. The molecule has 0 aliphatic carbocycles. The van der Waals surface area contributed by atoms with E-state index in [1.54, 1.807) is 6.92 Å². The van der Waals surface area contributed by atoms with Crippen molar-refractivity contribution < 1.29 is 19.6 Å². The van der Waals surface area contributed by atoms with Gasteiger partial charge in [-0.3, -0.25) is 24.7 Å². The van der Waals surface area contributed by atoms with Crippen LogP contribution in [-0.4, -0.2) is 44.9 Å². The Hall–Kier alpha value is -2.51. The van der Waals surface area contributed by atoms with Crippen molar-refractivity contribution in [3.63, 3.8) is 0 Å². The maximum absolute atomic E-state index is 12.4. The fourth-order valence-electron chi connectivity index (χ4n) is 2.37. The zero-order chi connectivity index (χ0) is 15.6. The molecule has 1 saturated heterocycles. The molecule has 0 unspecified atom stereocenters. The smallest absolute Gasteiger partial charge is 0.308 e. The average molecular weight is 293 g/mol. The van der Waals surface area contributed by atoms with Crippen molar-refractivity contribution in [1.29, 1.82) is 0 Å². The lowest BCUT2D eigenvalue weighted by Gasteiger charge is -2.30. The summed E-state index contributed by atoms with van der Waals surface area (Å²) in [5.41, 5.74) is 0.286. The van der Waals surface area contributed by atoms with Crippen LogP contribution in [0.25, 0.3) is 0 Å². The molecule has 8 nitrogen and oxygen atoms in total. The van der Waals surface area contributed by atoms with E-state index in [1.165, 1.54) is 11.0 Å². The van der Waals surface area contributed by atoms with E-state index in [0.29, 0.717) is 25.1 Å². The second-order valence-electron chi connectivity index (χ2n) is 5.01. The van der Waals surface area contributed by atoms with Crippen LogP contribution in [0.3, 0.4) is 0 Å². The molecule has 2 rings (SSSR count). The Labute approximate surface area is 120 Å². The number of nitrogens with zero attached hydrogens (tertiary/aromatic N) is 3. The molecular formula is C13H15N3O5. The van der Waals surface area contributed by atoms with Crippen LogP contribution >= 0.6 is 0 Å². The average Bonchev–Trinajstić information content (AvgIpc) is 2.47. The summed E-state index contributed by atoms with van der Waals surface area (Å²) in [7, 11) is 0. The highest BCUT2D eigenvalue weighted by Crippen LogP contribution is 2.21. The summed E-state index contributed by atoms with van der Waals surface area (Å²) in [5, 5.41) is 19.8. The number of aromatic nitrogens is 1. The monoisotopic (exact) mass is 293 g/mol. The second kappa shape index (κ2) is 5.86. The summed E-state index contributed by atoms with van der Waals surface area (Å²) in [6.45, 7) is 2.16. The Kier molecular flexibility index (Phi) is 4.15. The summed E-state index contributed by atoms with van der Waals surface area (Å²) in [6.07, 6.45) is 2.23. The minimum Gasteiger partial charge on any atom is -0.481 e. The van der Waals surface area contributed by atoms with E-state index in [2.05, 4.69) is 4.98 Å². The third-order valence-electron chi connectivity index (χ3n) is 3.57. The van der Waals surface area contributed by atoms with Crippen LogP contribution in [0.5, 0.6) is 0 Å². The van der Waals surface area contributed by atoms with E-state index < -0.39 is 22.7 Å². The van der Waals surface area contributed by atoms with Gasteiger partial charge in [-0.1, -0.05) is 0 Å². The van der Waals surface area contributed by atoms with Gasteiger partial charge in [0.05, 0.1) is 22.1 Å². The van der Waals surface area contributed by atoms with Crippen molar-refractivity contribution in [2.45, 2.75) is 19.8 Å². The van der Waals surface area contributed by atoms with Crippen LogP contribution in [0, 0.1) is 23.0 Å². The zero-order valence-electron chi connectivity index (χ0n) is 11.5. The highest BCUT2D eigenvalue weighted by Gasteiger charge is 2.30. The van der Waals surface area contributed by atoms with Crippen LogP contribution in [0.4, 0.5) is 5.69 Å². The number of hydrogen-bond acceptors (Lipinski definition) is 5. The lowest BCUT2D eigenvalue weighted by atomic mass is 9.97. The third-order valence-corrected chi connectivity index (χ3v) is 3.57. The second-order valence-corrected chi connectivity index (χ2v) is 5.01. The molecule has 1 fully saturated rings. The SMILES string of the molecule is Cc1ncc([N+](=O)[O-])cc1C(=O)N1CCC[C@H](C(=O)O)C1. The Morgan fingerprint density at radius 1 is 1.52 bits per heavy atom. The molecule has 1 aromatic heterocycles. The molecule has 0 spiro atoms. The largest absolute Gasteiger partial charge is 0.481 e. The molecule has 21 heavy (non-hydrogen) atoms. The number of aliphatic carboxylic acids is 1. The van der Waals surface area contributed by atoms with Crippen molar-refractivity contribution in [1.82, 2.24) is 9.88 Å². The predicted octanol–water partition coefficient (Wildman–Crippen LogP) is 1.24. The minimum absolute atomic E-state index is 0.121. The molecule has 2 heterocycles. The van der Waals surface area contributed by atoms with Crippen LogP contribution in [0.1, 0.15) is 28.9 Å². The van der Waals surface area contributed by atoms with Crippen LogP contribution in [0.2, 0.25) is 0 Å². The van der Waals surface area contributed by atoms with Gasteiger partial charge >= 0.3 is 5.97 Å². The van der Waals surface area contributed by atoms with Gasteiger partial charge in [-0.15, -0.1) is 0 Å². The molecular weight excluding hydrogens is 278 g/mol. The lowest BCUT2D eigenvalue weighted by Crippen LogP contribution is -2.42. The normalized spacial score (nSPS) is 18.3. The fourth-order valence-corrected chi connectivity index (χ4v) is 2.37. The Morgan fingerprint density at radius 3 is 2.86 bits per heavy atom. The fraction of sp³-hybridized carbons (Fsp3) is 0.462. The van der Waals surface area contributed by atoms with Crippen molar-refractivity contribution in [2.75, 3.05) is 13.1 Å². The van der Waals surface area contributed by atoms with E-state index in [1.807, 2.05) is 0 Å². The number of amides is 1. The third kappa shape index (κ3) is 3.15. The number of nitro groups is 1. The molecule has 1 N–H and O–H groups in total. The first-order valence-corrected chi connectivity index (χ1v) is 6.53. The van der Waals surface area contributed by atoms with E-state index in [4.69, 9.17) is 5.11 Å². The van der Waals surface area contributed by atoms with E-state index in [9.17, 15) is 19.7 Å². The molecule has 1 aliphatic heterocycles. The highest BCUT2D eigenvalue weighted by atomic mass is 16.6. The van der Waals surface area contributed by atoms with Crippen molar-refractivity contribution in [2.24, 2.45) is 5.92 Å². The van der Waals surface area contributed by atoms with Gasteiger partial charge in [-0.25, -0.2) is 0 Å². The summed E-state index contributed by atoms with van der Waals surface area (Å²) in [6, 6.07) is 1.19. The number of hydrogen-bond donors (Lipinski definition) is 1. The van der Waals surface area contributed by atoms with E-state index in [-0.39, 0.29) is 17.8 Å². The van der Waals surface area contributed by atoms with Crippen LogP contribution in [0.15, 0.2) is 12.3 Å². The number of piperidine rings is 1. The number of carboxylic acids is 1. The van der Waals surface area contributed by atoms with E-state index in [0.717, 1.165) is 6.20 Å². The predicted molar refractivity (Wildman–Crippen MR) is 71.9 cm³/mol. The first kappa shape index (κ1) is 14.9. The molecule has 0 aromatic carbocycles. The van der Waals surface area contributed by atoms with Gasteiger partial charge < -0.3 is 10.0 Å². The highest BCUT2D eigenvalue weighted by molar-refractivity contribution is 5.96. The van der Waals surface area contributed by atoms with Gasteiger partial charge in [0, 0.05) is 19.2 Å². The Morgan fingerprint density at radius 2 is 2.24 bits per heavy atom. The number of carbonyl (C=O) groups is 2. The van der Waals surface area contributed by atoms with Crippen molar-refractivity contribution in [3.05, 3.63) is 33.6 Å². The molecule has 1 aromatic rings. The van der Waals surface area contributed by atoms with E-state index >= 15 is 0 Å². The topological polar surface area (TPSA) is 114 Å². The summed E-state index contributed by atoms with van der Waals surface area (Å²) in [4.78, 5) is 38.9. The molecule has 0 radical (unpaired) electrons. The summed E-state index contributed by atoms with van der Waals surface area (Å²) >= 11 is 0. The summed E-state index contributed by atoms with van der Waals surface area (Å²) < 4.78 is 0. The van der Waals surface area contributed by atoms with Gasteiger partial charge in [0.1, 0.15) is 6.20 Å². The number of likely N-dealkylation sites (tertiary alicyclic amines) is 1. The Bertz CT molecular complexity index is 601. The van der Waals surface area contributed by atoms with Gasteiger partial charge in [-0.05, 0) is 19.8 Å². The Balaban J connectivity index is 2.25. The van der Waals surface area contributed by atoms with Crippen LogP contribution < -0.4 is 0 Å². The quantitative estimate of drug-likeness (QED) is 0.662. The van der Waals surface area contributed by atoms with Gasteiger partial charge in [0.2, 0.25) is 0 Å². The number of pyridine rings is 1. The number of carboxylic acid groups (broad SMARTS) is 1. The number of carbonyl (C=O) groups excluding carboxylic acids is 1. The van der Waals surface area contributed by atoms with Crippen molar-refractivity contribution in [3.8, 4) is 0 Å². The molecule has 0 saturated carbocycles. The first-order chi connectivity index (χ1) is 9.90. The standard InChI is InChI=1S/C13H15N3O5/c1-8-11(5-10(6-14-8)16(20)21)12(17)15-4-2-3-9(7-15)13(18)19/h5-6,9H,2-4,7H2,1H3,(H,18,19)/t9-/m0/s1. The molecule has 1 aliphatic rings. The number of aryl methyl sites for hydroxylation is 1. The maximum atomic E-state index is 12.4. The van der Waals surface area contributed by atoms with Crippen molar-refractivity contribution >= 4 is 17.6 Å². The van der Waals surface area contributed by atoms with Gasteiger partial charge in [0.25, 0.3) is 11.6 Å². The minimum atomic E-state index is -0.929. The summed E-state index contributed by atoms with van der Waals surface area (Å²) in [5.74, 6) is -1.93. The molecule has 1 amide bonds. The van der Waals surface area contributed by atoms with Crippen LogP contribution in [-0.2, 0) is 4.79 Å².